The number of para-hydroxylation sites is 1. The van der Waals surface area contributed by atoms with Gasteiger partial charge in [0.05, 0.1) is 4.90 Å². The molecule has 2 aromatic carbocycles. The Bertz CT molecular complexity index is 917. The number of primary sulfonamides is 1. The first-order valence-corrected chi connectivity index (χ1v) is 7.96. The summed E-state index contributed by atoms with van der Waals surface area (Å²) in [5.41, 5.74) is 8.12. The molecule has 0 aromatic heterocycles. The highest BCUT2D eigenvalue weighted by molar-refractivity contribution is 7.89. The van der Waals surface area contributed by atoms with E-state index in [9.17, 15) is 13.2 Å². The zero-order valence-electron chi connectivity index (χ0n) is 11.4. The lowest BCUT2D eigenvalue weighted by molar-refractivity contribution is -0.110. The minimum absolute atomic E-state index is 0.0774. The molecule has 7 heteroatoms. The van der Waals surface area contributed by atoms with Crippen molar-refractivity contribution in [2.75, 3.05) is 11.1 Å². The van der Waals surface area contributed by atoms with Gasteiger partial charge in [-0.1, -0.05) is 18.2 Å². The summed E-state index contributed by atoms with van der Waals surface area (Å²) in [4.78, 5) is 12.0. The third-order valence-electron chi connectivity index (χ3n) is 3.35. The van der Waals surface area contributed by atoms with Gasteiger partial charge in [0, 0.05) is 22.5 Å². The van der Waals surface area contributed by atoms with Gasteiger partial charge in [-0.25, -0.2) is 13.6 Å². The molecule has 1 heterocycles. The second kappa shape index (κ2) is 4.97. The first-order chi connectivity index (χ1) is 10.4. The smallest absolute Gasteiger partial charge is 0.256 e. The molecular formula is C15H13N3O3S. The molecular weight excluding hydrogens is 302 g/mol. The van der Waals surface area contributed by atoms with Crippen LogP contribution in [0.1, 0.15) is 11.1 Å². The number of fused-ring (bicyclic) bond motifs is 1. The van der Waals surface area contributed by atoms with E-state index in [0.29, 0.717) is 22.5 Å². The highest BCUT2D eigenvalue weighted by Crippen LogP contribution is 2.33. The lowest BCUT2D eigenvalue weighted by atomic mass is 10.0. The number of nitrogen functional groups attached to an aromatic ring is 1. The van der Waals surface area contributed by atoms with Crippen LogP contribution in [0.2, 0.25) is 0 Å². The van der Waals surface area contributed by atoms with Crippen LogP contribution in [0, 0.1) is 0 Å². The Morgan fingerprint density at radius 3 is 2.55 bits per heavy atom. The third kappa shape index (κ3) is 2.47. The normalized spacial score (nSPS) is 15.7. The quantitative estimate of drug-likeness (QED) is 0.574. The van der Waals surface area contributed by atoms with Crippen LogP contribution in [0.15, 0.2) is 47.4 Å². The molecule has 1 aliphatic heterocycles. The molecule has 3 rings (SSSR count). The Morgan fingerprint density at radius 1 is 1.09 bits per heavy atom. The number of hydrogen-bond donors (Lipinski definition) is 3. The van der Waals surface area contributed by atoms with E-state index in [2.05, 4.69) is 5.32 Å². The summed E-state index contributed by atoms with van der Waals surface area (Å²) >= 11 is 0. The van der Waals surface area contributed by atoms with Crippen LogP contribution in [0.3, 0.4) is 0 Å². The van der Waals surface area contributed by atoms with E-state index >= 15 is 0 Å². The molecule has 0 atom stereocenters. The van der Waals surface area contributed by atoms with Gasteiger partial charge < -0.3 is 11.1 Å². The van der Waals surface area contributed by atoms with Gasteiger partial charge in [-0.2, -0.15) is 0 Å². The molecule has 1 aliphatic rings. The fourth-order valence-electron chi connectivity index (χ4n) is 2.38. The van der Waals surface area contributed by atoms with E-state index in [1.807, 2.05) is 0 Å². The van der Waals surface area contributed by atoms with Gasteiger partial charge in [-0.05, 0) is 35.9 Å². The van der Waals surface area contributed by atoms with Crippen LogP contribution in [0.25, 0.3) is 11.6 Å². The number of anilines is 2. The summed E-state index contributed by atoms with van der Waals surface area (Å²) < 4.78 is 23.3. The molecule has 5 N–H and O–H groups in total. The van der Waals surface area contributed by atoms with Gasteiger partial charge >= 0.3 is 0 Å². The first kappa shape index (κ1) is 14.3. The van der Waals surface area contributed by atoms with E-state index in [1.165, 1.54) is 24.3 Å². The van der Waals surface area contributed by atoms with Crippen LogP contribution in [-0.2, 0) is 14.8 Å². The molecule has 0 bridgehead atoms. The summed E-state index contributed by atoms with van der Waals surface area (Å²) in [5.74, 6) is -0.302. The standard InChI is InChI=1S/C15H13N3O3S/c16-10-5-6-14(22(17,20)21)9(7-10)8-12-11-3-1-2-4-13(11)18-15(12)19/h1-8H,16H2,(H,18,19)(H2,17,20,21)/b12-8-. The molecule has 0 saturated heterocycles. The van der Waals surface area contributed by atoms with E-state index in [0.717, 1.165) is 0 Å². The molecule has 0 unspecified atom stereocenters. The Labute approximate surface area is 127 Å². The zero-order chi connectivity index (χ0) is 15.9. The van der Waals surface area contributed by atoms with E-state index in [4.69, 9.17) is 10.9 Å². The largest absolute Gasteiger partial charge is 0.399 e. The van der Waals surface area contributed by atoms with Gasteiger partial charge in [0.2, 0.25) is 10.0 Å². The number of carbonyl (C=O) groups is 1. The Hall–Kier alpha value is -2.64. The average Bonchev–Trinajstić information content (AvgIpc) is 2.74. The number of nitrogens with one attached hydrogen (secondary N) is 1. The number of benzene rings is 2. The maximum Gasteiger partial charge on any atom is 0.256 e. The molecule has 2 aromatic rings. The minimum Gasteiger partial charge on any atom is -0.399 e. The molecule has 0 fully saturated rings. The zero-order valence-corrected chi connectivity index (χ0v) is 12.2. The second-order valence-corrected chi connectivity index (χ2v) is 6.43. The molecule has 0 saturated carbocycles. The van der Waals surface area contributed by atoms with Crippen molar-refractivity contribution < 1.29 is 13.2 Å². The molecule has 22 heavy (non-hydrogen) atoms. The number of hydrogen-bond acceptors (Lipinski definition) is 4. The van der Waals surface area contributed by atoms with Crippen molar-refractivity contribution in [2.24, 2.45) is 5.14 Å². The third-order valence-corrected chi connectivity index (χ3v) is 4.34. The Kier molecular flexibility index (Phi) is 3.23. The molecule has 0 spiro atoms. The van der Waals surface area contributed by atoms with Crippen LogP contribution in [0.5, 0.6) is 0 Å². The Balaban J connectivity index is 2.22. The minimum atomic E-state index is -3.92. The number of rotatable bonds is 2. The fraction of sp³-hybridized carbons (Fsp3) is 0. The van der Waals surface area contributed by atoms with E-state index in [-0.39, 0.29) is 16.4 Å². The predicted octanol–water partition coefficient (Wildman–Crippen LogP) is 1.41. The highest BCUT2D eigenvalue weighted by Gasteiger charge is 2.24. The van der Waals surface area contributed by atoms with Crippen molar-refractivity contribution >= 4 is 39.0 Å². The average molecular weight is 315 g/mol. The van der Waals surface area contributed by atoms with Crippen molar-refractivity contribution in [3.05, 3.63) is 53.6 Å². The lowest BCUT2D eigenvalue weighted by Gasteiger charge is -2.06. The van der Waals surface area contributed by atoms with Crippen molar-refractivity contribution in [3.8, 4) is 0 Å². The molecule has 1 amide bonds. The van der Waals surface area contributed by atoms with Gasteiger partial charge in [0.25, 0.3) is 5.91 Å². The highest BCUT2D eigenvalue weighted by atomic mass is 32.2. The molecule has 0 radical (unpaired) electrons. The molecule has 0 aliphatic carbocycles. The van der Waals surface area contributed by atoms with Crippen LogP contribution >= 0.6 is 0 Å². The number of sulfonamides is 1. The maximum atomic E-state index is 12.1. The van der Waals surface area contributed by atoms with E-state index < -0.39 is 10.0 Å². The number of nitrogens with two attached hydrogens (primary N) is 2. The lowest BCUT2D eigenvalue weighted by Crippen LogP contribution is -2.14. The van der Waals surface area contributed by atoms with Crippen molar-refractivity contribution in [2.45, 2.75) is 4.90 Å². The van der Waals surface area contributed by atoms with Crippen LogP contribution in [-0.4, -0.2) is 14.3 Å². The van der Waals surface area contributed by atoms with Gasteiger partial charge in [-0.15, -0.1) is 0 Å². The maximum absolute atomic E-state index is 12.1. The van der Waals surface area contributed by atoms with Gasteiger partial charge in [0.15, 0.2) is 0 Å². The predicted molar refractivity (Wildman–Crippen MR) is 85.2 cm³/mol. The molecule has 112 valence electrons. The van der Waals surface area contributed by atoms with Crippen LogP contribution in [0.4, 0.5) is 11.4 Å². The Morgan fingerprint density at radius 2 is 1.82 bits per heavy atom. The van der Waals surface area contributed by atoms with E-state index in [1.54, 1.807) is 24.3 Å². The molecule has 6 nitrogen and oxygen atoms in total. The van der Waals surface area contributed by atoms with Crippen molar-refractivity contribution in [1.29, 1.82) is 0 Å². The van der Waals surface area contributed by atoms with Gasteiger partial charge in [0.1, 0.15) is 0 Å². The summed E-state index contributed by atoms with van der Waals surface area (Å²) in [6, 6.07) is 11.4. The SMILES string of the molecule is Nc1ccc(S(N)(=O)=O)c(/C=C2\C(=O)Nc3ccccc32)c1. The summed E-state index contributed by atoms with van der Waals surface area (Å²) in [6.07, 6.45) is 1.48. The fourth-order valence-corrected chi connectivity index (χ4v) is 3.08. The van der Waals surface area contributed by atoms with Crippen molar-refractivity contribution in [1.82, 2.24) is 0 Å². The monoisotopic (exact) mass is 315 g/mol. The number of amides is 1. The van der Waals surface area contributed by atoms with Gasteiger partial charge in [-0.3, -0.25) is 4.79 Å². The van der Waals surface area contributed by atoms with Crippen LogP contribution < -0.4 is 16.2 Å². The summed E-state index contributed by atoms with van der Waals surface area (Å²) in [6.45, 7) is 0. The summed E-state index contributed by atoms with van der Waals surface area (Å²) in [7, 11) is -3.92. The topological polar surface area (TPSA) is 115 Å². The van der Waals surface area contributed by atoms with Crippen molar-refractivity contribution in [3.63, 3.8) is 0 Å². The second-order valence-electron chi connectivity index (χ2n) is 4.90. The summed E-state index contributed by atoms with van der Waals surface area (Å²) in [5, 5.41) is 7.93. The number of carbonyl (C=O) groups excluding carboxylic acids is 1. The first-order valence-electron chi connectivity index (χ1n) is 6.41.